The molecule has 0 atom stereocenters. The van der Waals surface area contributed by atoms with Crippen LogP contribution in [0, 0.1) is 10.1 Å². The predicted octanol–water partition coefficient (Wildman–Crippen LogP) is 1.24. The first-order valence-corrected chi connectivity index (χ1v) is 8.05. The molecule has 0 unspecified atom stereocenters. The third-order valence-electron chi connectivity index (χ3n) is 4.25. The van der Waals surface area contributed by atoms with Crippen molar-refractivity contribution in [3.8, 4) is 0 Å². The molecule has 2 amide bonds. The number of amides is 2. The number of nitrogens with one attached hydrogen (secondary N) is 2. The Bertz CT molecular complexity index is 827. The number of H-pyrrole nitrogens is 1. The molecule has 1 saturated heterocycles. The second-order valence-corrected chi connectivity index (χ2v) is 5.88. The average Bonchev–Trinajstić information content (AvgIpc) is 3.14. The number of nitro groups is 1. The number of aromatic amines is 1. The number of nitrogens with zero attached hydrogens (tertiary/aromatic N) is 4. The van der Waals surface area contributed by atoms with Crippen LogP contribution in [0.3, 0.4) is 0 Å². The molecule has 2 aromatic rings. The van der Waals surface area contributed by atoms with E-state index >= 15 is 0 Å². The van der Waals surface area contributed by atoms with Crippen molar-refractivity contribution < 1.29 is 14.5 Å². The number of carbonyl (C=O) groups is 2. The minimum absolute atomic E-state index is 0.00928. The Hall–Kier alpha value is -3.43. The second kappa shape index (κ2) is 7.21. The lowest BCUT2D eigenvalue weighted by molar-refractivity contribution is -0.384. The van der Waals surface area contributed by atoms with E-state index in [-0.39, 0.29) is 17.2 Å². The highest BCUT2D eigenvalue weighted by Gasteiger charge is 2.25. The van der Waals surface area contributed by atoms with Crippen molar-refractivity contribution in [2.24, 2.45) is 0 Å². The van der Waals surface area contributed by atoms with Crippen LogP contribution in [0.4, 0.5) is 17.2 Å². The lowest BCUT2D eigenvalue weighted by Gasteiger charge is -2.35. The predicted molar refractivity (Wildman–Crippen MR) is 94.1 cm³/mol. The molecule has 0 radical (unpaired) electrons. The van der Waals surface area contributed by atoms with Gasteiger partial charge in [-0.05, 0) is 12.1 Å². The summed E-state index contributed by atoms with van der Waals surface area (Å²) in [4.78, 5) is 38.2. The highest BCUT2D eigenvalue weighted by Crippen LogP contribution is 2.30. The van der Waals surface area contributed by atoms with E-state index in [0.29, 0.717) is 37.7 Å². The number of anilines is 2. The average molecular weight is 358 g/mol. The van der Waals surface area contributed by atoms with E-state index in [1.54, 1.807) is 23.1 Å². The third-order valence-corrected chi connectivity index (χ3v) is 4.25. The minimum atomic E-state index is -0.500. The Morgan fingerprint density at radius 3 is 2.54 bits per heavy atom. The van der Waals surface area contributed by atoms with Crippen LogP contribution in [0.5, 0.6) is 0 Å². The first-order chi connectivity index (χ1) is 12.5. The summed E-state index contributed by atoms with van der Waals surface area (Å²) in [6, 6.07) is 5.96. The van der Waals surface area contributed by atoms with E-state index in [4.69, 9.17) is 0 Å². The summed E-state index contributed by atoms with van der Waals surface area (Å²) >= 11 is 0. The van der Waals surface area contributed by atoms with Gasteiger partial charge in [-0.2, -0.15) is 5.10 Å². The van der Waals surface area contributed by atoms with Crippen molar-refractivity contribution in [1.29, 1.82) is 0 Å². The summed E-state index contributed by atoms with van der Waals surface area (Å²) in [6.45, 7) is 3.52. The number of hydrogen-bond acceptors (Lipinski definition) is 6. The Labute approximate surface area is 148 Å². The van der Waals surface area contributed by atoms with Gasteiger partial charge in [-0.3, -0.25) is 24.8 Å². The molecular weight excluding hydrogens is 340 g/mol. The molecule has 1 aliphatic rings. The van der Waals surface area contributed by atoms with E-state index < -0.39 is 10.8 Å². The van der Waals surface area contributed by atoms with Crippen molar-refractivity contribution in [2.45, 2.75) is 6.92 Å². The molecule has 2 N–H and O–H groups in total. The lowest BCUT2D eigenvalue weighted by atomic mass is 10.1. The molecule has 2 heterocycles. The minimum Gasteiger partial charge on any atom is -0.362 e. The zero-order chi connectivity index (χ0) is 18.7. The Kier molecular flexibility index (Phi) is 4.83. The SMILES string of the molecule is CC(=O)N1CCN(c2ccc(C(=O)Nc3ccn[nH]3)cc2[N+](=O)[O-])CC1. The van der Waals surface area contributed by atoms with Gasteiger partial charge in [0, 0.05) is 50.8 Å². The van der Waals surface area contributed by atoms with Crippen LogP contribution in [0.25, 0.3) is 0 Å². The number of piperazine rings is 1. The molecule has 26 heavy (non-hydrogen) atoms. The molecular formula is C16H18N6O4. The Morgan fingerprint density at radius 2 is 1.96 bits per heavy atom. The molecule has 0 saturated carbocycles. The molecule has 136 valence electrons. The summed E-state index contributed by atoms with van der Waals surface area (Å²) in [5.74, 6) is -0.0719. The van der Waals surface area contributed by atoms with E-state index in [1.807, 2.05) is 4.90 Å². The molecule has 0 spiro atoms. The summed E-state index contributed by atoms with van der Waals surface area (Å²) in [5.41, 5.74) is 0.479. The van der Waals surface area contributed by atoms with E-state index in [2.05, 4.69) is 15.5 Å². The van der Waals surface area contributed by atoms with Gasteiger partial charge in [-0.25, -0.2) is 0 Å². The molecule has 3 rings (SSSR count). The monoisotopic (exact) mass is 358 g/mol. The van der Waals surface area contributed by atoms with E-state index in [1.165, 1.54) is 19.2 Å². The van der Waals surface area contributed by atoms with Crippen LogP contribution < -0.4 is 10.2 Å². The molecule has 1 fully saturated rings. The Balaban J connectivity index is 1.80. The van der Waals surface area contributed by atoms with Gasteiger partial charge in [0.25, 0.3) is 11.6 Å². The first kappa shape index (κ1) is 17.4. The van der Waals surface area contributed by atoms with E-state index in [9.17, 15) is 19.7 Å². The van der Waals surface area contributed by atoms with Gasteiger partial charge in [-0.1, -0.05) is 0 Å². The van der Waals surface area contributed by atoms with Crippen LogP contribution >= 0.6 is 0 Å². The first-order valence-electron chi connectivity index (χ1n) is 8.05. The van der Waals surface area contributed by atoms with Gasteiger partial charge in [0.1, 0.15) is 11.5 Å². The summed E-state index contributed by atoms with van der Waals surface area (Å²) in [6.07, 6.45) is 1.49. The quantitative estimate of drug-likeness (QED) is 0.626. The fourth-order valence-corrected chi connectivity index (χ4v) is 2.86. The smallest absolute Gasteiger partial charge is 0.293 e. The molecule has 10 heteroatoms. The molecule has 1 aromatic carbocycles. The van der Waals surface area contributed by atoms with Gasteiger partial charge >= 0.3 is 0 Å². The second-order valence-electron chi connectivity index (χ2n) is 5.88. The maximum Gasteiger partial charge on any atom is 0.293 e. The maximum absolute atomic E-state index is 12.3. The van der Waals surface area contributed by atoms with Crippen molar-refractivity contribution in [2.75, 3.05) is 36.4 Å². The molecule has 0 bridgehead atoms. The van der Waals surface area contributed by atoms with Gasteiger partial charge in [0.05, 0.1) is 11.1 Å². The van der Waals surface area contributed by atoms with Crippen molar-refractivity contribution in [1.82, 2.24) is 15.1 Å². The van der Waals surface area contributed by atoms with Crippen molar-refractivity contribution in [3.63, 3.8) is 0 Å². The van der Waals surface area contributed by atoms with Gasteiger partial charge < -0.3 is 15.1 Å². The summed E-state index contributed by atoms with van der Waals surface area (Å²) in [5, 5.41) is 20.4. The number of carbonyl (C=O) groups excluding carboxylic acids is 2. The van der Waals surface area contributed by atoms with Crippen LogP contribution in [0.15, 0.2) is 30.5 Å². The normalized spacial score (nSPS) is 14.2. The number of hydrogen-bond donors (Lipinski definition) is 2. The standard InChI is InChI=1S/C16H18N6O4/c1-11(23)20-6-8-21(9-7-20)13-3-2-12(10-14(13)22(25)26)16(24)18-15-4-5-17-19-15/h2-5,10H,6-9H2,1H3,(H2,17,18,19,24). The number of benzene rings is 1. The molecule has 1 aliphatic heterocycles. The fraction of sp³-hybridized carbons (Fsp3) is 0.312. The zero-order valence-electron chi connectivity index (χ0n) is 14.1. The third kappa shape index (κ3) is 3.63. The van der Waals surface area contributed by atoms with Crippen LogP contribution in [0.1, 0.15) is 17.3 Å². The number of aromatic nitrogens is 2. The van der Waals surface area contributed by atoms with Crippen molar-refractivity contribution >= 4 is 29.0 Å². The molecule has 0 aliphatic carbocycles. The highest BCUT2D eigenvalue weighted by molar-refractivity contribution is 6.04. The summed E-state index contributed by atoms with van der Waals surface area (Å²) < 4.78 is 0. The van der Waals surface area contributed by atoms with Crippen LogP contribution in [-0.2, 0) is 4.79 Å². The summed E-state index contributed by atoms with van der Waals surface area (Å²) in [7, 11) is 0. The Morgan fingerprint density at radius 1 is 1.23 bits per heavy atom. The number of rotatable bonds is 4. The van der Waals surface area contributed by atoms with E-state index in [0.717, 1.165) is 0 Å². The molecule has 10 nitrogen and oxygen atoms in total. The van der Waals surface area contributed by atoms with Gasteiger partial charge in [-0.15, -0.1) is 0 Å². The van der Waals surface area contributed by atoms with Crippen LogP contribution in [-0.4, -0.2) is 58.0 Å². The number of nitro benzene ring substituents is 1. The largest absolute Gasteiger partial charge is 0.362 e. The zero-order valence-corrected chi connectivity index (χ0v) is 14.1. The molecule has 1 aromatic heterocycles. The lowest BCUT2D eigenvalue weighted by Crippen LogP contribution is -2.48. The van der Waals surface area contributed by atoms with Crippen LogP contribution in [0.2, 0.25) is 0 Å². The van der Waals surface area contributed by atoms with Gasteiger partial charge in [0.15, 0.2) is 0 Å². The topological polar surface area (TPSA) is 124 Å². The van der Waals surface area contributed by atoms with Gasteiger partial charge in [0.2, 0.25) is 5.91 Å². The fourth-order valence-electron chi connectivity index (χ4n) is 2.86. The maximum atomic E-state index is 12.3. The van der Waals surface area contributed by atoms with Crippen molar-refractivity contribution in [3.05, 3.63) is 46.1 Å². The highest BCUT2D eigenvalue weighted by atomic mass is 16.6.